The van der Waals surface area contributed by atoms with Gasteiger partial charge in [-0.2, -0.15) is 0 Å². The van der Waals surface area contributed by atoms with Crippen LogP contribution in [-0.4, -0.2) is 63.4 Å². The fourth-order valence-electron chi connectivity index (χ4n) is 5.70. The molecule has 0 aromatic heterocycles. The number of carbonyl (C=O) groups excluding carboxylic acids is 3. The van der Waals surface area contributed by atoms with E-state index in [9.17, 15) is 34.1 Å². The maximum atomic E-state index is 14.8. The Labute approximate surface area is 183 Å². The number of aromatic hydroxyl groups is 1. The van der Waals surface area contributed by atoms with Crippen LogP contribution in [0.4, 0.5) is 4.39 Å². The van der Waals surface area contributed by atoms with Crippen LogP contribution in [0.25, 0.3) is 5.76 Å². The molecule has 3 aliphatic rings. The van der Waals surface area contributed by atoms with Gasteiger partial charge in [-0.05, 0) is 50.9 Å². The number of hydrogen-bond acceptors (Lipinski definition) is 7. The number of fused-ring (bicyclic) bond motifs is 3. The summed E-state index contributed by atoms with van der Waals surface area (Å²) in [6.45, 7) is 1.80. The van der Waals surface area contributed by atoms with E-state index in [1.807, 2.05) is 0 Å². The number of phenolic OH excluding ortho intramolecular Hbond substituents is 1. The summed E-state index contributed by atoms with van der Waals surface area (Å²) in [5.74, 6) is -7.14. The number of phenols is 1. The van der Waals surface area contributed by atoms with Crippen molar-refractivity contribution in [3.05, 3.63) is 46.3 Å². The van der Waals surface area contributed by atoms with Gasteiger partial charge in [0, 0.05) is 23.1 Å². The minimum Gasteiger partial charge on any atom is -0.507 e. The molecule has 0 unspecified atom stereocenters. The maximum absolute atomic E-state index is 14.8. The van der Waals surface area contributed by atoms with E-state index in [-0.39, 0.29) is 23.1 Å². The molecular formula is C23H25FN2O6. The molecule has 0 spiro atoms. The van der Waals surface area contributed by atoms with Gasteiger partial charge >= 0.3 is 0 Å². The van der Waals surface area contributed by atoms with Crippen LogP contribution in [0.1, 0.15) is 36.8 Å². The first-order chi connectivity index (χ1) is 15.0. The lowest BCUT2D eigenvalue weighted by molar-refractivity contribution is -0.160. The third-order valence-electron chi connectivity index (χ3n) is 7.17. The molecular weight excluding hydrogens is 419 g/mol. The molecule has 5 atom stereocenters. The zero-order valence-corrected chi connectivity index (χ0v) is 17.9. The van der Waals surface area contributed by atoms with Crippen molar-refractivity contribution in [2.24, 2.45) is 17.6 Å². The number of carbonyl (C=O) groups is 3. The van der Waals surface area contributed by atoms with Crippen molar-refractivity contribution in [1.82, 2.24) is 4.90 Å². The van der Waals surface area contributed by atoms with E-state index in [2.05, 4.69) is 0 Å². The molecule has 0 saturated heterocycles. The number of amides is 1. The largest absolute Gasteiger partial charge is 0.507 e. The molecule has 3 aliphatic carbocycles. The number of benzene rings is 1. The first kappa shape index (κ1) is 22.2. The molecule has 1 amide bonds. The van der Waals surface area contributed by atoms with E-state index >= 15 is 0 Å². The van der Waals surface area contributed by atoms with E-state index in [0.717, 1.165) is 12.1 Å². The Bertz CT molecular complexity index is 1120. The highest BCUT2D eigenvalue weighted by atomic mass is 19.1. The van der Waals surface area contributed by atoms with E-state index < -0.39 is 69.8 Å². The number of Topliss-reactive ketones (excluding diaryl/α,β-unsaturated/α-hetero) is 2. The molecule has 5 N–H and O–H groups in total. The number of primary amides is 1. The normalized spacial score (nSPS) is 31.8. The van der Waals surface area contributed by atoms with Crippen molar-refractivity contribution in [3.63, 3.8) is 0 Å². The second kappa shape index (κ2) is 7.25. The molecule has 170 valence electrons. The summed E-state index contributed by atoms with van der Waals surface area (Å²) in [6.07, 6.45) is 1.82. The second-order valence-electron chi connectivity index (χ2n) is 8.90. The van der Waals surface area contributed by atoms with Crippen LogP contribution in [0.3, 0.4) is 0 Å². The zero-order chi connectivity index (χ0) is 23.7. The van der Waals surface area contributed by atoms with Crippen LogP contribution in [0.5, 0.6) is 5.75 Å². The number of halogens is 1. The number of ketones is 2. The summed E-state index contributed by atoms with van der Waals surface area (Å²) in [5.41, 5.74) is 1.90. The number of hydrogen-bond donors (Lipinski definition) is 4. The molecule has 8 nitrogen and oxygen atoms in total. The Kier molecular flexibility index (Phi) is 5.02. The van der Waals surface area contributed by atoms with E-state index in [1.54, 1.807) is 25.9 Å². The highest BCUT2D eigenvalue weighted by Crippen LogP contribution is 2.56. The summed E-state index contributed by atoms with van der Waals surface area (Å²) >= 11 is 0. The van der Waals surface area contributed by atoms with E-state index in [1.165, 1.54) is 6.08 Å². The monoisotopic (exact) mass is 444 g/mol. The van der Waals surface area contributed by atoms with Gasteiger partial charge in [0.15, 0.2) is 5.60 Å². The smallest absolute Gasteiger partial charge is 0.252 e. The van der Waals surface area contributed by atoms with Crippen LogP contribution in [0, 0.1) is 17.7 Å². The first-order valence-corrected chi connectivity index (χ1v) is 10.4. The van der Waals surface area contributed by atoms with Crippen molar-refractivity contribution < 1.29 is 34.1 Å². The van der Waals surface area contributed by atoms with Gasteiger partial charge in [0.25, 0.3) is 5.91 Å². The van der Waals surface area contributed by atoms with E-state index in [0.29, 0.717) is 6.42 Å². The number of aliphatic hydroxyl groups is 2. The number of rotatable bonds is 3. The molecule has 0 aliphatic heterocycles. The number of nitrogens with zero attached hydrogens (tertiary/aromatic N) is 1. The second-order valence-corrected chi connectivity index (χ2v) is 8.90. The first-order valence-electron chi connectivity index (χ1n) is 10.4. The highest BCUT2D eigenvalue weighted by molar-refractivity contribution is 6.32. The lowest BCUT2D eigenvalue weighted by Crippen LogP contribution is -2.66. The minimum atomic E-state index is -2.62. The molecule has 0 heterocycles. The summed E-state index contributed by atoms with van der Waals surface area (Å²) in [7, 11) is 3.35. The molecule has 1 aromatic carbocycles. The average molecular weight is 444 g/mol. The average Bonchev–Trinajstić information content (AvgIpc) is 2.72. The molecule has 4 rings (SSSR count). The lowest BCUT2D eigenvalue weighted by Gasteiger charge is -2.51. The SMILES string of the molecule is CC[C@H]1c2c(F)ccc(O)c2C(O)=C2C(=O)[C@]3(O)C(=O)C(C(N)=O)=C[C@@H](N(C)C)[C@@H]3C[C@@H]21. The van der Waals surface area contributed by atoms with Crippen LogP contribution in [0.15, 0.2) is 29.4 Å². The summed E-state index contributed by atoms with van der Waals surface area (Å²) < 4.78 is 14.8. The highest BCUT2D eigenvalue weighted by Gasteiger charge is 2.64. The van der Waals surface area contributed by atoms with Gasteiger partial charge in [-0.25, -0.2) is 4.39 Å². The topological polar surface area (TPSA) is 141 Å². The molecule has 0 radical (unpaired) electrons. The van der Waals surface area contributed by atoms with Gasteiger partial charge in [-0.3, -0.25) is 14.4 Å². The fraction of sp³-hybridized carbons (Fsp3) is 0.435. The summed E-state index contributed by atoms with van der Waals surface area (Å²) in [4.78, 5) is 40.4. The van der Waals surface area contributed by atoms with E-state index in [4.69, 9.17) is 5.73 Å². The lowest BCUT2D eigenvalue weighted by atomic mass is 9.55. The third-order valence-corrected chi connectivity index (χ3v) is 7.17. The van der Waals surface area contributed by atoms with Crippen molar-refractivity contribution in [2.45, 2.75) is 37.3 Å². The van der Waals surface area contributed by atoms with Crippen molar-refractivity contribution in [2.75, 3.05) is 14.1 Å². The Morgan fingerprint density at radius 3 is 2.47 bits per heavy atom. The Morgan fingerprint density at radius 1 is 1.25 bits per heavy atom. The maximum Gasteiger partial charge on any atom is 0.252 e. The van der Waals surface area contributed by atoms with Crippen LogP contribution < -0.4 is 5.73 Å². The predicted octanol–water partition coefficient (Wildman–Crippen LogP) is 1.17. The standard InChI is InChI=1S/C23H25FN2O6/c1-4-9-10-7-12-14(26(2)3)8-11(22(25)31)20(29)23(12,32)21(30)17(10)19(28)18-15(27)6-5-13(24)16(9)18/h5-6,8-10,12,14,27-28,32H,4,7H2,1-3H3,(H2,25,31)/t9-,10-,12+,14-,23-/m1/s1. The number of aliphatic hydroxyl groups excluding tert-OH is 1. The van der Waals surface area contributed by atoms with Crippen LogP contribution in [0.2, 0.25) is 0 Å². The van der Waals surface area contributed by atoms with Crippen LogP contribution >= 0.6 is 0 Å². The summed E-state index contributed by atoms with van der Waals surface area (Å²) in [6, 6.07) is 1.50. The van der Waals surface area contributed by atoms with Gasteiger partial charge < -0.3 is 26.0 Å². The van der Waals surface area contributed by atoms with Crippen molar-refractivity contribution >= 4 is 23.2 Å². The Balaban J connectivity index is 2.00. The van der Waals surface area contributed by atoms with Gasteiger partial charge in [-0.15, -0.1) is 0 Å². The van der Waals surface area contributed by atoms with Gasteiger partial charge in [-0.1, -0.05) is 13.0 Å². The molecule has 32 heavy (non-hydrogen) atoms. The van der Waals surface area contributed by atoms with Gasteiger partial charge in [0.1, 0.15) is 17.3 Å². The van der Waals surface area contributed by atoms with Crippen LogP contribution in [-0.2, 0) is 14.4 Å². The quantitative estimate of drug-likeness (QED) is 0.405. The predicted molar refractivity (Wildman–Crippen MR) is 112 cm³/mol. The third kappa shape index (κ3) is 2.70. The molecule has 1 fully saturated rings. The Morgan fingerprint density at radius 2 is 1.91 bits per heavy atom. The van der Waals surface area contributed by atoms with Gasteiger partial charge in [0.2, 0.25) is 11.6 Å². The molecule has 1 saturated carbocycles. The molecule has 9 heteroatoms. The number of nitrogens with two attached hydrogens (primary N) is 1. The van der Waals surface area contributed by atoms with Gasteiger partial charge in [0.05, 0.1) is 11.1 Å². The number of likely N-dealkylation sites (N-methyl/N-ethyl adjacent to an activating group) is 1. The van der Waals surface area contributed by atoms with Crippen molar-refractivity contribution in [1.29, 1.82) is 0 Å². The minimum absolute atomic E-state index is 0.0752. The molecule has 0 bridgehead atoms. The molecule has 1 aromatic rings. The summed E-state index contributed by atoms with van der Waals surface area (Å²) in [5, 5.41) is 32.8. The van der Waals surface area contributed by atoms with Crippen molar-refractivity contribution in [3.8, 4) is 5.75 Å². The zero-order valence-electron chi connectivity index (χ0n) is 17.9. The fourth-order valence-corrected chi connectivity index (χ4v) is 5.70. The Hall–Kier alpha value is -3.04.